The van der Waals surface area contributed by atoms with Crippen LogP contribution in [0, 0.1) is 10.1 Å². The number of nitrogens with one attached hydrogen (secondary N) is 1. The number of benzene rings is 2. The molecule has 2 aromatic carbocycles. The standard InChI is InChI=1S/C16H12N4O3S/c21-15-10-24-16(18-15)19-17-9-12-4-1-2-7-14(12)11-5-3-6-13(8-11)20(22)23/h1-9H,10H2,(H,18,19,21). The van der Waals surface area contributed by atoms with Crippen molar-refractivity contribution in [2.24, 2.45) is 10.2 Å². The lowest BCUT2D eigenvalue weighted by Gasteiger charge is -2.05. The number of rotatable bonds is 4. The highest BCUT2D eigenvalue weighted by Gasteiger charge is 2.16. The minimum Gasteiger partial charge on any atom is -0.303 e. The third-order valence-electron chi connectivity index (χ3n) is 3.26. The van der Waals surface area contributed by atoms with E-state index in [1.54, 1.807) is 18.3 Å². The summed E-state index contributed by atoms with van der Waals surface area (Å²) in [7, 11) is 0. The first kappa shape index (κ1) is 15.9. The first-order chi connectivity index (χ1) is 11.6. The van der Waals surface area contributed by atoms with E-state index in [1.807, 2.05) is 24.3 Å². The summed E-state index contributed by atoms with van der Waals surface area (Å²) in [6.45, 7) is 0. The fourth-order valence-electron chi connectivity index (χ4n) is 2.18. The number of nitro groups is 1. The monoisotopic (exact) mass is 340 g/mol. The van der Waals surface area contributed by atoms with Crippen molar-refractivity contribution in [2.45, 2.75) is 0 Å². The molecule has 8 heteroatoms. The molecule has 1 aliphatic heterocycles. The van der Waals surface area contributed by atoms with Crippen LogP contribution >= 0.6 is 11.8 Å². The number of amides is 1. The summed E-state index contributed by atoms with van der Waals surface area (Å²) in [6, 6.07) is 13.8. The highest BCUT2D eigenvalue weighted by Crippen LogP contribution is 2.26. The van der Waals surface area contributed by atoms with Gasteiger partial charge in [0.1, 0.15) is 0 Å². The molecule has 1 amide bonds. The Morgan fingerprint density at radius 1 is 1.21 bits per heavy atom. The molecule has 0 atom stereocenters. The molecule has 1 aliphatic rings. The van der Waals surface area contributed by atoms with Gasteiger partial charge in [0.25, 0.3) is 5.69 Å². The van der Waals surface area contributed by atoms with Crippen molar-refractivity contribution in [3.63, 3.8) is 0 Å². The summed E-state index contributed by atoms with van der Waals surface area (Å²) in [6.07, 6.45) is 1.56. The molecule has 0 bridgehead atoms. The quantitative estimate of drug-likeness (QED) is 0.526. The topological polar surface area (TPSA) is 97.0 Å². The number of carbonyl (C=O) groups is 1. The number of carbonyl (C=O) groups excluding carboxylic acids is 1. The van der Waals surface area contributed by atoms with E-state index in [0.717, 1.165) is 16.7 Å². The maximum Gasteiger partial charge on any atom is 0.270 e. The number of nitro benzene ring substituents is 1. The van der Waals surface area contributed by atoms with Gasteiger partial charge in [-0.15, -0.1) is 5.10 Å². The number of hydrogen-bond donors (Lipinski definition) is 1. The van der Waals surface area contributed by atoms with E-state index in [4.69, 9.17) is 0 Å². The zero-order chi connectivity index (χ0) is 16.9. The van der Waals surface area contributed by atoms with E-state index >= 15 is 0 Å². The Balaban J connectivity index is 1.89. The van der Waals surface area contributed by atoms with Gasteiger partial charge in [-0.25, -0.2) is 0 Å². The Kier molecular flexibility index (Phi) is 4.66. The van der Waals surface area contributed by atoms with Crippen LogP contribution in [-0.2, 0) is 4.79 Å². The van der Waals surface area contributed by atoms with Crippen molar-refractivity contribution >= 4 is 34.7 Å². The molecule has 2 aromatic rings. The third kappa shape index (κ3) is 3.66. The van der Waals surface area contributed by atoms with Gasteiger partial charge in [0.05, 0.1) is 16.9 Å². The Morgan fingerprint density at radius 3 is 2.79 bits per heavy atom. The molecule has 0 saturated carbocycles. The van der Waals surface area contributed by atoms with Gasteiger partial charge in [0.15, 0.2) is 5.17 Å². The summed E-state index contributed by atoms with van der Waals surface area (Å²) in [5.74, 6) is 0.254. The van der Waals surface area contributed by atoms with Crippen LogP contribution in [0.3, 0.4) is 0 Å². The third-order valence-corrected chi connectivity index (χ3v) is 4.12. The minimum absolute atomic E-state index is 0.0320. The smallest absolute Gasteiger partial charge is 0.270 e. The number of amidine groups is 1. The molecule has 3 rings (SSSR count). The van der Waals surface area contributed by atoms with E-state index in [-0.39, 0.29) is 11.6 Å². The van der Waals surface area contributed by atoms with Crippen LogP contribution in [0.4, 0.5) is 5.69 Å². The van der Waals surface area contributed by atoms with Crippen LogP contribution in [0.5, 0.6) is 0 Å². The number of nitrogens with zero attached hydrogens (tertiary/aromatic N) is 3. The lowest BCUT2D eigenvalue weighted by Crippen LogP contribution is -2.19. The molecule has 0 radical (unpaired) electrons. The molecule has 0 aliphatic carbocycles. The fraction of sp³-hybridized carbons (Fsp3) is 0.0625. The molecule has 0 unspecified atom stereocenters. The Hall–Kier alpha value is -3.00. The Morgan fingerprint density at radius 2 is 2.04 bits per heavy atom. The largest absolute Gasteiger partial charge is 0.303 e. The second kappa shape index (κ2) is 7.05. The highest BCUT2D eigenvalue weighted by molar-refractivity contribution is 8.15. The van der Waals surface area contributed by atoms with Crippen LogP contribution in [0.1, 0.15) is 5.56 Å². The van der Waals surface area contributed by atoms with Crippen LogP contribution < -0.4 is 5.32 Å². The lowest BCUT2D eigenvalue weighted by atomic mass is 10.00. The molecule has 0 aromatic heterocycles. The molecule has 120 valence electrons. The SMILES string of the molecule is O=C1CSC(=NN=Cc2ccccc2-c2cccc([N+](=O)[O-])c2)N1. The first-order valence-electron chi connectivity index (χ1n) is 7.01. The molecular formula is C16H12N4O3S. The normalized spacial score (nSPS) is 15.8. The van der Waals surface area contributed by atoms with E-state index in [1.165, 1.54) is 23.9 Å². The molecular weight excluding hydrogens is 328 g/mol. The number of hydrogen-bond acceptors (Lipinski definition) is 6. The van der Waals surface area contributed by atoms with E-state index in [0.29, 0.717) is 10.9 Å². The Bertz CT molecular complexity index is 864. The molecule has 24 heavy (non-hydrogen) atoms. The number of non-ortho nitro benzene ring substituents is 1. The minimum atomic E-state index is -0.424. The average Bonchev–Trinajstić information content (AvgIpc) is 3.01. The Labute approximate surface area is 141 Å². The molecule has 0 spiro atoms. The summed E-state index contributed by atoms with van der Waals surface area (Å²) in [5, 5.41) is 21.9. The van der Waals surface area contributed by atoms with Crippen molar-refractivity contribution < 1.29 is 9.72 Å². The van der Waals surface area contributed by atoms with Gasteiger partial charge < -0.3 is 5.32 Å². The zero-order valence-corrected chi connectivity index (χ0v) is 13.2. The molecule has 7 nitrogen and oxygen atoms in total. The van der Waals surface area contributed by atoms with Crippen LogP contribution in [0.25, 0.3) is 11.1 Å². The van der Waals surface area contributed by atoms with Gasteiger partial charge in [-0.3, -0.25) is 14.9 Å². The molecule has 1 fully saturated rings. The average molecular weight is 340 g/mol. The van der Waals surface area contributed by atoms with Gasteiger partial charge in [-0.05, 0) is 11.1 Å². The van der Waals surface area contributed by atoms with E-state index in [2.05, 4.69) is 15.5 Å². The van der Waals surface area contributed by atoms with E-state index < -0.39 is 4.92 Å². The van der Waals surface area contributed by atoms with Gasteiger partial charge in [-0.2, -0.15) is 5.10 Å². The van der Waals surface area contributed by atoms with Gasteiger partial charge in [0, 0.05) is 17.7 Å². The fourth-order valence-corrected chi connectivity index (χ4v) is 2.81. The maximum absolute atomic E-state index is 11.1. The van der Waals surface area contributed by atoms with Crippen molar-refractivity contribution in [1.82, 2.24) is 5.32 Å². The van der Waals surface area contributed by atoms with E-state index in [9.17, 15) is 14.9 Å². The second-order valence-corrected chi connectivity index (χ2v) is 5.85. The summed E-state index contributed by atoms with van der Waals surface area (Å²) < 4.78 is 0. The van der Waals surface area contributed by atoms with Crippen molar-refractivity contribution in [1.29, 1.82) is 0 Å². The van der Waals surface area contributed by atoms with Crippen LogP contribution in [0.15, 0.2) is 58.7 Å². The van der Waals surface area contributed by atoms with Crippen molar-refractivity contribution in [2.75, 3.05) is 5.75 Å². The second-order valence-electron chi connectivity index (χ2n) is 4.88. The molecule has 1 heterocycles. The van der Waals surface area contributed by atoms with Gasteiger partial charge in [-0.1, -0.05) is 48.2 Å². The van der Waals surface area contributed by atoms with Crippen LogP contribution in [0.2, 0.25) is 0 Å². The van der Waals surface area contributed by atoms with Crippen molar-refractivity contribution in [3.05, 3.63) is 64.2 Å². The number of thioether (sulfide) groups is 1. The van der Waals surface area contributed by atoms with Gasteiger partial charge >= 0.3 is 0 Å². The lowest BCUT2D eigenvalue weighted by molar-refractivity contribution is -0.384. The summed E-state index contributed by atoms with van der Waals surface area (Å²) in [5.41, 5.74) is 2.34. The summed E-state index contributed by atoms with van der Waals surface area (Å²) >= 11 is 1.29. The first-order valence-corrected chi connectivity index (χ1v) is 7.99. The molecule has 1 saturated heterocycles. The predicted octanol–water partition coefficient (Wildman–Crippen LogP) is 2.81. The highest BCUT2D eigenvalue weighted by atomic mass is 32.2. The molecule has 1 N–H and O–H groups in total. The summed E-state index contributed by atoms with van der Waals surface area (Å²) in [4.78, 5) is 21.6. The van der Waals surface area contributed by atoms with Crippen LogP contribution in [-0.4, -0.2) is 28.0 Å². The predicted molar refractivity (Wildman–Crippen MR) is 94.2 cm³/mol. The zero-order valence-electron chi connectivity index (χ0n) is 12.4. The van der Waals surface area contributed by atoms with Gasteiger partial charge in [0.2, 0.25) is 5.91 Å². The van der Waals surface area contributed by atoms with Crippen molar-refractivity contribution in [3.8, 4) is 11.1 Å². The maximum atomic E-state index is 11.1.